The van der Waals surface area contributed by atoms with Crippen LogP contribution >= 0.6 is 11.6 Å². The summed E-state index contributed by atoms with van der Waals surface area (Å²) in [4.78, 5) is 0. The topological polar surface area (TPSA) is 43.6 Å². The zero-order valence-corrected chi connectivity index (χ0v) is 9.78. The number of aromatic nitrogens is 4. The second kappa shape index (κ2) is 4.93. The molecule has 1 aromatic heterocycles. The smallest absolute Gasteiger partial charge is 0.224 e. The van der Waals surface area contributed by atoms with Gasteiger partial charge in [-0.3, -0.25) is 0 Å². The van der Waals surface area contributed by atoms with E-state index in [1.165, 1.54) is 16.8 Å². The minimum absolute atomic E-state index is 0.146. The van der Waals surface area contributed by atoms with Crippen molar-refractivity contribution in [2.75, 3.05) is 0 Å². The van der Waals surface area contributed by atoms with Gasteiger partial charge in [-0.05, 0) is 28.1 Å². The molecule has 0 fully saturated rings. The van der Waals surface area contributed by atoms with E-state index >= 15 is 0 Å². The molecule has 0 N–H and O–H groups in total. The lowest BCUT2D eigenvalue weighted by atomic mass is 10.1. The van der Waals surface area contributed by atoms with Gasteiger partial charge in [-0.25, -0.2) is 4.68 Å². The number of nitrogens with zero attached hydrogens (tertiary/aromatic N) is 4. The highest BCUT2D eigenvalue weighted by atomic mass is 35.5. The maximum Gasteiger partial charge on any atom is 0.416 e. The van der Waals surface area contributed by atoms with Gasteiger partial charge >= 0.3 is 6.18 Å². The van der Waals surface area contributed by atoms with Gasteiger partial charge < -0.3 is 0 Å². The highest BCUT2D eigenvalue weighted by Crippen LogP contribution is 2.29. The first-order valence-corrected chi connectivity index (χ1v) is 5.51. The Morgan fingerprint density at radius 2 is 1.83 bits per heavy atom. The van der Waals surface area contributed by atoms with Gasteiger partial charge in [-0.15, -0.1) is 16.7 Å². The number of benzene rings is 1. The van der Waals surface area contributed by atoms with Crippen LogP contribution in [0.1, 0.15) is 17.0 Å². The van der Waals surface area contributed by atoms with Crippen LogP contribution in [-0.4, -0.2) is 20.2 Å². The maximum absolute atomic E-state index is 12.4. The predicted molar refractivity (Wildman–Crippen MR) is 57.9 cm³/mol. The van der Waals surface area contributed by atoms with Crippen molar-refractivity contribution in [2.45, 2.75) is 18.6 Å². The fourth-order valence-electron chi connectivity index (χ4n) is 1.41. The van der Waals surface area contributed by atoms with Crippen molar-refractivity contribution in [2.24, 2.45) is 0 Å². The molecule has 18 heavy (non-hydrogen) atoms. The van der Waals surface area contributed by atoms with E-state index in [1.807, 2.05) is 0 Å². The first kappa shape index (κ1) is 12.8. The minimum Gasteiger partial charge on any atom is -0.224 e. The summed E-state index contributed by atoms with van der Waals surface area (Å²) in [5, 5.41) is 10.8. The Kier molecular flexibility index (Phi) is 3.51. The van der Waals surface area contributed by atoms with Gasteiger partial charge in [0.2, 0.25) is 0 Å². The molecule has 1 aromatic carbocycles. The average molecular weight is 277 g/mol. The summed E-state index contributed by atoms with van der Waals surface area (Å²) < 4.78 is 38.5. The van der Waals surface area contributed by atoms with Crippen LogP contribution in [0.2, 0.25) is 0 Å². The zero-order valence-electron chi connectivity index (χ0n) is 9.02. The third-order valence-corrected chi connectivity index (χ3v) is 2.58. The molecule has 0 atom stereocenters. The fourth-order valence-corrected chi connectivity index (χ4v) is 1.61. The lowest BCUT2D eigenvalue weighted by Gasteiger charge is -2.07. The van der Waals surface area contributed by atoms with Crippen molar-refractivity contribution in [1.29, 1.82) is 0 Å². The summed E-state index contributed by atoms with van der Waals surface area (Å²) in [6.07, 6.45) is -4.32. The van der Waals surface area contributed by atoms with Gasteiger partial charge in [0.05, 0.1) is 18.0 Å². The standard InChI is InChI=1S/C10H8ClF3N4/c11-5-9-15-16-17-18(9)6-7-1-3-8(4-2-7)10(12,13)14/h1-4H,5-6H2. The van der Waals surface area contributed by atoms with Crippen LogP contribution in [0.4, 0.5) is 13.2 Å². The van der Waals surface area contributed by atoms with Gasteiger partial charge in [-0.1, -0.05) is 12.1 Å². The third-order valence-electron chi connectivity index (χ3n) is 2.34. The molecule has 1 heterocycles. The Morgan fingerprint density at radius 1 is 1.17 bits per heavy atom. The Labute approximate surface area is 105 Å². The molecular weight excluding hydrogens is 269 g/mol. The fraction of sp³-hybridized carbons (Fsp3) is 0.300. The Hall–Kier alpha value is -1.63. The maximum atomic E-state index is 12.4. The summed E-state index contributed by atoms with van der Waals surface area (Å²) in [5.74, 6) is 0.616. The summed E-state index contributed by atoms with van der Waals surface area (Å²) in [5.41, 5.74) is -0.0119. The predicted octanol–water partition coefficient (Wildman–Crippen LogP) is 2.48. The molecule has 96 valence electrons. The van der Waals surface area contributed by atoms with E-state index in [2.05, 4.69) is 15.5 Å². The van der Waals surface area contributed by atoms with Crippen LogP contribution in [-0.2, 0) is 18.6 Å². The minimum atomic E-state index is -4.32. The number of rotatable bonds is 3. The molecule has 0 saturated carbocycles. The van der Waals surface area contributed by atoms with Gasteiger partial charge in [0.15, 0.2) is 5.82 Å². The van der Waals surface area contributed by atoms with Crippen molar-refractivity contribution < 1.29 is 13.2 Å². The van der Waals surface area contributed by atoms with Crippen molar-refractivity contribution in [3.8, 4) is 0 Å². The lowest BCUT2D eigenvalue weighted by molar-refractivity contribution is -0.137. The number of halogens is 4. The van der Waals surface area contributed by atoms with E-state index in [4.69, 9.17) is 11.6 Å². The zero-order chi connectivity index (χ0) is 13.2. The van der Waals surface area contributed by atoms with Crippen molar-refractivity contribution in [1.82, 2.24) is 20.2 Å². The number of tetrazole rings is 1. The summed E-state index contributed by atoms with van der Waals surface area (Å²) in [6.45, 7) is 0.285. The average Bonchev–Trinajstić information content (AvgIpc) is 2.76. The Bertz CT molecular complexity index is 521. The van der Waals surface area contributed by atoms with Crippen molar-refractivity contribution >= 4 is 11.6 Å². The number of hydrogen-bond acceptors (Lipinski definition) is 3. The normalized spacial score (nSPS) is 11.8. The first-order valence-electron chi connectivity index (χ1n) is 4.98. The van der Waals surface area contributed by atoms with Crippen LogP contribution in [0.3, 0.4) is 0 Å². The quantitative estimate of drug-likeness (QED) is 0.809. The summed E-state index contributed by atoms with van der Waals surface area (Å²) in [7, 11) is 0. The first-order chi connectivity index (χ1) is 8.50. The van der Waals surface area contributed by atoms with Crippen LogP contribution in [0.25, 0.3) is 0 Å². The largest absolute Gasteiger partial charge is 0.416 e. The van der Waals surface area contributed by atoms with Crippen LogP contribution in [0.5, 0.6) is 0 Å². The van der Waals surface area contributed by atoms with Crippen molar-refractivity contribution in [3.05, 3.63) is 41.2 Å². The molecule has 0 aliphatic rings. The van der Waals surface area contributed by atoms with Crippen LogP contribution in [0, 0.1) is 0 Å². The van der Waals surface area contributed by atoms with Gasteiger partial charge in [0, 0.05) is 0 Å². The highest BCUT2D eigenvalue weighted by Gasteiger charge is 2.29. The second-order valence-corrected chi connectivity index (χ2v) is 3.85. The third kappa shape index (κ3) is 2.79. The van der Waals surface area contributed by atoms with Gasteiger partial charge in [0.1, 0.15) is 0 Å². The molecule has 4 nitrogen and oxygen atoms in total. The molecule has 0 saturated heterocycles. The van der Waals surface area contributed by atoms with Gasteiger partial charge in [-0.2, -0.15) is 13.2 Å². The summed E-state index contributed by atoms with van der Waals surface area (Å²) in [6, 6.07) is 4.84. The molecule has 8 heteroatoms. The van der Waals surface area contributed by atoms with Gasteiger partial charge in [0.25, 0.3) is 0 Å². The molecular formula is C10H8ClF3N4. The van der Waals surface area contributed by atoms with Crippen LogP contribution < -0.4 is 0 Å². The Balaban J connectivity index is 2.16. The summed E-state index contributed by atoms with van der Waals surface area (Å²) >= 11 is 5.61. The monoisotopic (exact) mass is 276 g/mol. The highest BCUT2D eigenvalue weighted by molar-refractivity contribution is 6.16. The van der Waals surface area contributed by atoms with E-state index in [0.717, 1.165) is 12.1 Å². The van der Waals surface area contributed by atoms with E-state index in [1.54, 1.807) is 0 Å². The molecule has 2 rings (SSSR count). The molecule has 0 unspecified atom stereocenters. The van der Waals surface area contributed by atoms with Crippen LogP contribution in [0.15, 0.2) is 24.3 Å². The number of hydrogen-bond donors (Lipinski definition) is 0. The molecule has 0 spiro atoms. The molecule has 0 bridgehead atoms. The molecule has 0 aliphatic heterocycles. The van der Waals surface area contributed by atoms with E-state index < -0.39 is 11.7 Å². The second-order valence-electron chi connectivity index (χ2n) is 3.58. The lowest BCUT2D eigenvalue weighted by Crippen LogP contribution is -2.08. The van der Waals surface area contributed by atoms with Crippen molar-refractivity contribution in [3.63, 3.8) is 0 Å². The van der Waals surface area contributed by atoms with E-state index in [-0.39, 0.29) is 12.4 Å². The Morgan fingerprint density at radius 3 is 2.39 bits per heavy atom. The number of alkyl halides is 4. The SMILES string of the molecule is FC(F)(F)c1ccc(Cn2nnnc2CCl)cc1. The van der Waals surface area contributed by atoms with E-state index in [9.17, 15) is 13.2 Å². The van der Waals surface area contributed by atoms with E-state index in [0.29, 0.717) is 11.4 Å². The molecule has 2 aromatic rings. The molecule has 0 amide bonds. The molecule has 0 radical (unpaired) electrons. The molecule has 0 aliphatic carbocycles.